The Morgan fingerprint density at radius 1 is 1.17 bits per heavy atom. The van der Waals surface area contributed by atoms with E-state index in [1.165, 1.54) is 32.2 Å². The minimum absolute atomic E-state index is 0.340. The quantitative estimate of drug-likeness (QED) is 0.807. The van der Waals surface area contributed by atoms with Gasteiger partial charge in [0.25, 0.3) is 0 Å². The average molecular weight is 254 g/mol. The van der Waals surface area contributed by atoms with Gasteiger partial charge in [0.1, 0.15) is 0 Å². The van der Waals surface area contributed by atoms with Crippen LogP contribution in [-0.4, -0.2) is 37.1 Å². The second-order valence-corrected chi connectivity index (χ2v) is 7.33. The molecule has 0 bridgehead atoms. The molecule has 0 amide bonds. The van der Waals surface area contributed by atoms with E-state index in [-0.39, 0.29) is 0 Å². The van der Waals surface area contributed by atoms with Crippen molar-refractivity contribution in [2.24, 2.45) is 11.3 Å². The van der Waals surface area contributed by atoms with Crippen LogP contribution in [0.4, 0.5) is 0 Å². The van der Waals surface area contributed by atoms with Gasteiger partial charge in [0.2, 0.25) is 0 Å². The first-order valence-electron chi connectivity index (χ1n) is 7.78. The van der Waals surface area contributed by atoms with Gasteiger partial charge in [-0.05, 0) is 50.6 Å². The Morgan fingerprint density at radius 3 is 2.17 bits per heavy atom. The van der Waals surface area contributed by atoms with E-state index in [9.17, 15) is 0 Å². The van der Waals surface area contributed by atoms with Gasteiger partial charge in [0.15, 0.2) is 0 Å². The van der Waals surface area contributed by atoms with Crippen LogP contribution in [-0.2, 0) is 0 Å². The fourth-order valence-corrected chi connectivity index (χ4v) is 3.01. The van der Waals surface area contributed by atoms with Crippen LogP contribution in [0.1, 0.15) is 60.3 Å². The van der Waals surface area contributed by atoms with Gasteiger partial charge in [-0.25, -0.2) is 0 Å². The maximum atomic E-state index is 3.66. The van der Waals surface area contributed by atoms with Crippen molar-refractivity contribution in [3.05, 3.63) is 0 Å². The van der Waals surface area contributed by atoms with Gasteiger partial charge in [-0.1, -0.05) is 34.6 Å². The van der Waals surface area contributed by atoms with Gasteiger partial charge in [-0.3, -0.25) is 0 Å². The third-order valence-electron chi connectivity index (χ3n) is 4.58. The molecule has 1 atom stereocenters. The maximum absolute atomic E-state index is 3.66. The molecule has 1 N–H and O–H groups in total. The fraction of sp³-hybridized carbons (Fsp3) is 1.00. The van der Waals surface area contributed by atoms with Gasteiger partial charge in [0.05, 0.1) is 0 Å². The molecular formula is C16H34N2. The molecule has 108 valence electrons. The Morgan fingerprint density at radius 2 is 1.72 bits per heavy atom. The summed E-state index contributed by atoms with van der Waals surface area (Å²) in [4.78, 5) is 2.60. The van der Waals surface area contributed by atoms with Crippen LogP contribution in [0.25, 0.3) is 0 Å². The van der Waals surface area contributed by atoms with Crippen molar-refractivity contribution < 1.29 is 0 Å². The number of nitrogens with zero attached hydrogens (tertiary/aromatic N) is 1. The Balaban J connectivity index is 2.48. The van der Waals surface area contributed by atoms with Crippen molar-refractivity contribution in [1.29, 1.82) is 0 Å². The summed E-state index contributed by atoms with van der Waals surface area (Å²) < 4.78 is 0. The van der Waals surface area contributed by atoms with Gasteiger partial charge in [-0.15, -0.1) is 0 Å². The first-order chi connectivity index (χ1) is 8.34. The highest BCUT2D eigenvalue weighted by Crippen LogP contribution is 2.28. The lowest BCUT2D eigenvalue weighted by molar-refractivity contribution is 0.126. The molecule has 2 heteroatoms. The molecule has 1 unspecified atom stereocenters. The SMILES string of the molecule is CCNC(CN(C)C1CCC(C)CC1)C(C)(C)C. The molecule has 0 aliphatic heterocycles. The minimum atomic E-state index is 0.340. The number of hydrogen-bond donors (Lipinski definition) is 1. The number of rotatable bonds is 5. The molecular weight excluding hydrogens is 220 g/mol. The van der Waals surface area contributed by atoms with E-state index in [0.29, 0.717) is 11.5 Å². The van der Waals surface area contributed by atoms with Crippen LogP contribution < -0.4 is 5.32 Å². The predicted octanol–water partition coefficient (Wildman–Crippen LogP) is 3.52. The smallest absolute Gasteiger partial charge is 0.0243 e. The lowest BCUT2D eigenvalue weighted by Gasteiger charge is -2.39. The predicted molar refractivity (Wildman–Crippen MR) is 81.0 cm³/mol. The monoisotopic (exact) mass is 254 g/mol. The lowest BCUT2D eigenvalue weighted by Crippen LogP contribution is -2.50. The fourth-order valence-electron chi connectivity index (χ4n) is 3.01. The largest absolute Gasteiger partial charge is 0.312 e. The van der Waals surface area contributed by atoms with Crippen molar-refractivity contribution >= 4 is 0 Å². The molecule has 1 rings (SSSR count). The third kappa shape index (κ3) is 4.89. The first kappa shape index (κ1) is 16.0. The van der Waals surface area contributed by atoms with E-state index >= 15 is 0 Å². The molecule has 1 aliphatic rings. The van der Waals surface area contributed by atoms with Crippen LogP contribution in [0.5, 0.6) is 0 Å². The highest BCUT2D eigenvalue weighted by atomic mass is 15.2. The molecule has 0 spiro atoms. The Bertz CT molecular complexity index is 224. The zero-order valence-corrected chi connectivity index (χ0v) is 13.4. The van der Waals surface area contributed by atoms with Crippen LogP contribution in [0.2, 0.25) is 0 Å². The van der Waals surface area contributed by atoms with Crippen molar-refractivity contribution in [2.45, 2.75) is 72.4 Å². The third-order valence-corrected chi connectivity index (χ3v) is 4.58. The minimum Gasteiger partial charge on any atom is -0.312 e. The molecule has 0 heterocycles. The van der Waals surface area contributed by atoms with E-state index in [1.807, 2.05) is 0 Å². The number of nitrogens with one attached hydrogen (secondary N) is 1. The summed E-state index contributed by atoms with van der Waals surface area (Å²) in [7, 11) is 2.32. The normalized spacial score (nSPS) is 27.5. The summed E-state index contributed by atoms with van der Waals surface area (Å²) in [6.07, 6.45) is 5.61. The molecule has 0 aromatic heterocycles. The van der Waals surface area contributed by atoms with Crippen molar-refractivity contribution in [1.82, 2.24) is 10.2 Å². The Labute approximate surface area is 115 Å². The van der Waals surface area contributed by atoms with Gasteiger partial charge >= 0.3 is 0 Å². The highest BCUT2D eigenvalue weighted by Gasteiger charge is 2.28. The first-order valence-corrected chi connectivity index (χ1v) is 7.78. The van der Waals surface area contributed by atoms with Crippen molar-refractivity contribution in [2.75, 3.05) is 20.1 Å². The van der Waals surface area contributed by atoms with E-state index in [2.05, 4.69) is 51.9 Å². The molecule has 1 aliphatic carbocycles. The zero-order chi connectivity index (χ0) is 13.8. The van der Waals surface area contributed by atoms with Gasteiger partial charge < -0.3 is 10.2 Å². The van der Waals surface area contributed by atoms with Crippen LogP contribution in [0, 0.1) is 11.3 Å². The second kappa shape index (κ2) is 6.91. The van der Waals surface area contributed by atoms with Crippen molar-refractivity contribution in [3.63, 3.8) is 0 Å². The zero-order valence-electron chi connectivity index (χ0n) is 13.4. The topological polar surface area (TPSA) is 15.3 Å². The molecule has 1 saturated carbocycles. The summed E-state index contributed by atoms with van der Waals surface area (Å²) in [6.45, 7) is 13.9. The van der Waals surface area contributed by atoms with E-state index in [0.717, 1.165) is 18.5 Å². The van der Waals surface area contributed by atoms with Crippen LogP contribution in [0.15, 0.2) is 0 Å². The van der Waals surface area contributed by atoms with Gasteiger partial charge in [-0.2, -0.15) is 0 Å². The molecule has 0 radical (unpaired) electrons. The van der Waals surface area contributed by atoms with E-state index < -0.39 is 0 Å². The van der Waals surface area contributed by atoms with Gasteiger partial charge in [0, 0.05) is 18.6 Å². The maximum Gasteiger partial charge on any atom is 0.0243 e. The molecule has 0 aromatic carbocycles. The summed E-state index contributed by atoms with van der Waals surface area (Å²) in [5, 5.41) is 3.66. The van der Waals surface area contributed by atoms with Crippen LogP contribution >= 0.6 is 0 Å². The number of likely N-dealkylation sites (N-methyl/N-ethyl adjacent to an activating group) is 2. The van der Waals surface area contributed by atoms with Crippen molar-refractivity contribution in [3.8, 4) is 0 Å². The number of hydrogen-bond acceptors (Lipinski definition) is 2. The molecule has 0 aromatic rings. The summed E-state index contributed by atoms with van der Waals surface area (Å²) >= 11 is 0. The molecule has 0 saturated heterocycles. The second-order valence-electron chi connectivity index (χ2n) is 7.33. The van der Waals surface area contributed by atoms with Crippen LogP contribution in [0.3, 0.4) is 0 Å². The summed E-state index contributed by atoms with van der Waals surface area (Å²) in [5.41, 5.74) is 0.340. The van der Waals surface area contributed by atoms with E-state index in [1.54, 1.807) is 0 Å². The average Bonchev–Trinajstić information content (AvgIpc) is 2.28. The standard InChI is InChI=1S/C16H34N2/c1-7-17-15(16(3,4)5)12-18(6)14-10-8-13(2)9-11-14/h13-15,17H,7-12H2,1-6H3. The Hall–Kier alpha value is -0.0800. The highest BCUT2D eigenvalue weighted by molar-refractivity contribution is 4.85. The van der Waals surface area contributed by atoms with E-state index in [4.69, 9.17) is 0 Å². The molecule has 2 nitrogen and oxygen atoms in total. The summed E-state index contributed by atoms with van der Waals surface area (Å²) in [5.74, 6) is 0.946. The molecule has 18 heavy (non-hydrogen) atoms. The summed E-state index contributed by atoms with van der Waals surface area (Å²) in [6, 6.07) is 1.40. The molecule has 1 fully saturated rings. The lowest BCUT2D eigenvalue weighted by atomic mass is 9.84. The Kier molecular flexibility index (Phi) is 6.13.